The molecule has 2 aromatic rings. The molecule has 0 unspecified atom stereocenters. The Morgan fingerprint density at radius 3 is 2.45 bits per heavy atom. The lowest BCUT2D eigenvalue weighted by molar-refractivity contribution is 0.314. The molecule has 2 rings (SSSR count). The monoisotopic (exact) mass is 355 g/mol. The molecule has 0 aliphatic carbocycles. The van der Waals surface area contributed by atoms with E-state index in [9.17, 15) is 0 Å². The van der Waals surface area contributed by atoms with Crippen LogP contribution in [0.1, 0.15) is 4.88 Å². The van der Waals surface area contributed by atoms with Crippen molar-refractivity contribution in [1.29, 1.82) is 0 Å². The maximum Gasteiger partial charge on any atom is 0.119 e. The Kier molecular flexibility index (Phi) is 6.36. The summed E-state index contributed by atoms with van der Waals surface area (Å²) in [7, 11) is 1.66. The smallest absolute Gasteiger partial charge is 0.119 e. The Labute approximate surface area is 132 Å². The lowest BCUT2D eigenvalue weighted by Crippen LogP contribution is -2.23. The molecule has 20 heavy (non-hydrogen) atoms. The molecule has 0 saturated heterocycles. The molecule has 0 fully saturated rings. The van der Waals surface area contributed by atoms with Crippen molar-refractivity contribution in [1.82, 2.24) is 5.32 Å². The summed E-state index contributed by atoms with van der Waals surface area (Å²) < 4.78 is 11.9. The first kappa shape index (κ1) is 15.4. The van der Waals surface area contributed by atoms with Gasteiger partial charge in [-0.3, -0.25) is 0 Å². The van der Waals surface area contributed by atoms with Crippen LogP contribution in [0.3, 0.4) is 0 Å². The maximum atomic E-state index is 5.64. The van der Waals surface area contributed by atoms with Gasteiger partial charge in [-0.15, -0.1) is 11.3 Å². The fourth-order valence-electron chi connectivity index (χ4n) is 1.74. The molecule has 0 aliphatic heterocycles. The van der Waals surface area contributed by atoms with E-state index in [1.807, 2.05) is 24.3 Å². The van der Waals surface area contributed by atoms with Crippen LogP contribution < -0.4 is 14.8 Å². The normalized spacial score (nSPS) is 10.5. The number of benzene rings is 1. The van der Waals surface area contributed by atoms with Gasteiger partial charge in [-0.25, -0.2) is 0 Å². The van der Waals surface area contributed by atoms with Gasteiger partial charge in [0.2, 0.25) is 0 Å². The van der Waals surface area contributed by atoms with Crippen LogP contribution in [-0.4, -0.2) is 26.8 Å². The van der Waals surface area contributed by atoms with E-state index in [0.29, 0.717) is 6.61 Å². The Morgan fingerprint density at radius 1 is 1.05 bits per heavy atom. The van der Waals surface area contributed by atoms with Crippen molar-refractivity contribution in [3.05, 3.63) is 45.1 Å². The van der Waals surface area contributed by atoms with E-state index in [-0.39, 0.29) is 0 Å². The quantitative estimate of drug-likeness (QED) is 0.731. The van der Waals surface area contributed by atoms with Gasteiger partial charge < -0.3 is 14.8 Å². The first-order valence-electron chi connectivity index (χ1n) is 6.50. The molecule has 0 spiro atoms. The van der Waals surface area contributed by atoms with E-state index in [2.05, 4.69) is 33.4 Å². The molecule has 0 amide bonds. The zero-order chi connectivity index (χ0) is 14.2. The van der Waals surface area contributed by atoms with Gasteiger partial charge >= 0.3 is 0 Å². The van der Waals surface area contributed by atoms with Gasteiger partial charge in [-0.2, -0.15) is 0 Å². The van der Waals surface area contributed by atoms with Crippen molar-refractivity contribution in [3.8, 4) is 11.5 Å². The molecule has 1 heterocycles. The number of methoxy groups -OCH3 is 1. The number of ether oxygens (including phenoxy) is 2. The van der Waals surface area contributed by atoms with Crippen molar-refractivity contribution < 1.29 is 9.47 Å². The SMILES string of the molecule is COc1ccc(OCCNCCc2ccc(Br)s2)cc1. The Morgan fingerprint density at radius 2 is 1.80 bits per heavy atom. The molecule has 0 saturated carbocycles. The van der Waals surface area contributed by atoms with E-state index in [0.717, 1.165) is 31.0 Å². The number of nitrogens with one attached hydrogen (secondary N) is 1. The standard InChI is InChI=1S/C15H18BrNO2S/c1-18-12-2-4-13(5-3-12)19-11-10-17-9-8-14-6-7-15(16)20-14/h2-7,17H,8-11H2,1H3. The number of thiophene rings is 1. The van der Waals surface area contributed by atoms with Gasteiger partial charge in [0.05, 0.1) is 10.9 Å². The van der Waals surface area contributed by atoms with Crippen LogP contribution in [0.5, 0.6) is 11.5 Å². The average Bonchev–Trinajstić information content (AvgIpc) is 2.89. The van der Waals surface area contributed by atoms with Gasteiger partial charge in [-0.05, 0) is 58.7 Å². The van der Waals surface area contributed by atoms with E-state index in [1.165, 1.54) is 8.66 Å². The number of hydrogen-bond donors (Lipinski definition) is 1. The van der Waals surface area contributed by atoms with Crippen LogP contribution in [0.25, 0.3) is 0 Å². The highest BCUT2D eigenvalue weighted by Gasteiger charge is 1.98. The van der Waals surface area contributed by atoms with E-state index in [1.54, 1.807) is 18.4 Å². The summed E-state index contributed by atoms with van der Waals surface area (Å²) >= 11 is 5.26. The molecule has 0 atom stereocenters. The Hall–Kier alpha value is -1.04. The number of rotatable bonds is 8. The first-order valence-corrected chi connectivity index (χ1v) is 8.10. The summed E-state index contributed by atoms with van der Waals surface area (Å²) in [5, 5.41) is 3.38. The second-order valence-electron chi connectivity index (χ2n) is 4.23. The van der Waals surface area contributed by atoms with Crippen LogP contribution in [0.4, 0.5) is 0 Å². The molecule has 5 heteroatoms. The third kappa shape index (κ3) is 5.15. The summed E-state index contributed by atoms with van der Waals surface area (Å²) in [6, 6.07) is 11.9. The molecule has 1 aromatic heterocycles. The predicted octanol–water partition coefficient (Wildman–Crippen LogP) is 3.73. The third-order valence-electron chi connectivity index (χ3n) is 2.78. The Balaban J connectivity index is 1.57. The molecule has 1 aromatic carbocycles. The van der Waals surface area contributed by atoms with Crippen LogP contribution in [-0.2, 0) is 6.42 Å². The minimum Gasteiger partial charge on any atom is -0.497 e. The summed E-state index contributed by atoms with van der Waals surface area (Å²) in [5.41, 5.74) is 0. The van der Waals surface area contributed by atoms with Crippen molar-refractivity contribution in [2.45, 2.75) is 6.42 Å². The highest BCUT2D eigenvalue weighted by molar-refractivity contribution is 9.11. The van der Waals surface area contributed by atoms with E-state index < -0.39 is 0 Å². The molecule has 0 bridgehead atoms. The highest BCUT2D eigenvalue weighted by atomic mass is 79.9. The highest BCUT2D eigenvalue weighted by Crippen LogP contribution is 2.22. The second kappa shape index (κ2) is 8.29. The minimum absolute atomic E-state index is 0.667. The maximum absolute atomic E-state index is 5.64. The van der Waals surface area contributed by atoms with Crippen molar-refractivity contribution in [3.63, 3.8) is 0 Å². The van der Waals surface area contributed by atoms with Gasteiger partial charge in [-0.1, -0.05) is 0 Å². The number of hydrogen-bond acceptors (Lipinski definition) is 4. The minimum atomic E-state index is 0.667. The fourth-order valence-corrected chi connectivity index (χ4v) is 3.22. The van der Waals surface area contributed by atoms with Crippen LogP contribution in [0.15, 0.2) is 40.2 Å². The molecular weight excluding hydrogens is 338 g/mol. The lowest BCUT2D eigenvalue weighted by Gasteiger charge is -2.08. The van der Waals surface area contributed by atoms with Crippen LogP contribution >= 0.6 is 27.3 Å². The molecule has 0 radical (unpaired) electrons. The molecule has 1 N–H and O–H groups in total. The predicted molar refractivity (Wildman–Crippen MR) is 87.1 cm³/mol. The van der Waals surface area contributed by atoms with Gasteiger partial charge in [0.15, 0.2) is 0 Å². The zero-order valence-electron chi connectivity index (χ0n) is 11.4. The Bertz CT molecular complexity index is 513. The molecule has 3 nitrogen and oxygen atoms in total. The lowest BCUT2D eigenvalue weighted by atomic mass is 10.3. The molecular formula is C15H18BrNO2S. The molecule has 108 valence electrons. The van der Waals surface area contributed by atoms with Crippen molar-refractivity contribution >= 4 is 27.3 Å². The van der Waals surface area contributed by atoms with E-state index in [4.69, 9.17) is 9.47 Å². The zero-order valence-corrected chi connectivity index (χ0v) is 13.8. The topological polar surface area (TPSA) is 30.5 Å². The van der Waals surface area contributed by atoms with Crippen molar-refractivity contribution in [2.24, 2.45) is 0 Å². The summed E-state index contributed by atoms with van der Waals surface area (Å²) in [5.74, 6) is 1.72. The summed E-state index contributed by atoms with van der Waals surface area (Å²) in [6.45, 7) is 2.48. The average molecular weight is 356 g/mol. The van der Waals surface area contributed by atoms with Crippen LogP contribution in [0, 0.1) is 0 Å². The summed E-state index contributed by atoms with van der Waals surface area (Å²) in [4.78, 5) is 1.39. The van der Waals surface area contributed by atoms with E-state index >= 15 is 0 Å². The first-order chi connectivity index (χ1) is 9.78. The van der Waals surface area contributed by atoms with Crippen molar-refractivity contribution in [2.75, 3.05) is 26.8 Å². The third-order valence-corrected chi connectivity index (χ3v) is 4.47. The number of halogens is 1. The van der Waals surface area contributed by atoms with Gasteiger partial charge in [0.1, 0.15) is 18.1 Å². The van der Waals surface area contributed by atoms with Gasteiger partial charge in [0, 0.05) is 18.0 Å². The second-order valence-corrected chi connectivity index (χ2v) is 6.78. The van der Waals surface area contributed by atoms with Crippen LogP contribution in [0.2, 0.25) is 0 Å². The fraction of sp³-hybridized carbons (Fsp3) is 0.333. The largest absolute Gasteiger partial charge is 0.497 e. The molecule has 0 aliphatic rings. The summed E-state index contributed by atoms with van der Waals surface area (Å²) in [6.07, 6.45) is 1.05. The van der Waals surface area contributed by atoms with Gasteiger partial charge in [0.25, 0.3) is 0 Å².